The summed E-state index contributed by atoms with van der Waals surface area (Å²) < 4.78 is 4.96. The number of nitrogens with zero attached hydrogens (tertiary/aromatic N) is 1. The van der Waals surface area contributed by atoms with Gasteiger partial charge in [-0.05, 0) is 29.8 Å². The molecule has 0 fully saturated rings. The van der Waals surface area contributed by atoms with Crippen molar-refractivity contribution in [2.75, 3.05) is 44.6 Å². The molecule has 0 aliphatic carbocycles. The summed E-state index contributed by atoms with van der Waals surface area (Å²) in [4.78, 5) is 26.5. The van der Waals surface area contributed by atoms with Gasteiger partial charge < -0.3 is 20.3 Å². The highest BCUT2D eigenvalue weighted by Crippen LogP contribution is 2.23. The van der Waals surface area contributed by atoms with Gasteiger partial charge in [0.15, 0.2) is 0 Å². The summed E-state index contributed by atoms with van der Waals surface area (Å²) in [5.74, 6) is -0.478. The fourth-order valence-electron chi connectivity index (χ4n) is 2.47. The van der Waals surface area contributed by atoms with Crippen LogP contribution in [-0.2, 0) is 9.53 Å². The van der Waals surface area contributed by atoms with Gasteiger partial charge in [0.2, 0.25) is 5.91 Å². The second-order valence-corrected chi connectivity index (χ2v) is 6.11. The Morgan fingerprint density at radius 2 is 1.85 bits per heavy atom. The van der Waals surface area contributed by atoms with Gasteiger partial charge >= 0.3 is 0 Å². The van der Waals surface area contributed by atoms with Crippen LogP contribution < -0.4 is 15.5 Å². The molecule has 6 heteroatoms. The minimum absolute atomic E-state index is 0.216. The maximum absolute atomic E-state index is 12.5. The van der Waals surface area contributed by atoms with Crippen molar-refractivity contribution < 1.29 is 14.3 Å². The molecule has 2 N–H and O–H groups in total. The van der Waals surface area contributed by atoms with E-state index in [1.807, 2.05) is 55.4 Å². The van der Waals surface area contributed by atoms with E-state index in [4.69, 9.17) is 4.74 Å². The molecule has 0 saturated carbocycles. The molecule has 142 valence electrons. The summed E-state index contributed by atoms with van der Waals surface area (Å²) in [5.41, 5.74) is 2.75. The Morgan fingerprint density at radius 1 is 1.11 bits per heavy atom. The number of hydrogen-bond acceptors (Lipinski definition) is 4. The van der Waals surface area contributed by atoms with Gasteiger partial charge in [-0.25, -0.2) is 0 Å². The maximum atomic E-state index is 12.5. The molecule has 0 atom stereocenters. The first kappa shape index (κ1) is 20.2. The summed E-state index contributed by atoms with van der Waals surface area (Å²) in [6.07, 6.45) is 3.20. The molecule has 0 aliphatic heterocycles. The molecule has 0 radical (unpaired) electrons. The topological polar surface area (TPSA) is 70.7 Å². The Kier molecular flexibility index (Phi) is 7.58. The number of benzene rings is 2. The normalized spacial score (nSPS) is 10.6. The molecule has 0 heterocycles. The molecule has 0 aliphatic rings. The summed E-state index contributed by atoms with van der Waals surface area (Å²) in [6, 6.07) is 14.8. The Labute approximate surface area is 159 Å². The number of carbonyl (C=O) groups excluding carboxylic acids is 2. The average Bonchev–Trinajstić information content (AvgIpc) is 2.67. The SMILES string of the molecule is COCCNC(=O)c1cc(NC(=O)/C=C/c2ccccc2)ccc1N(C)C. The van der Waals surface area contributed by atoms with Crippen molar-refractivity contribution in [1.82, 2.24) is 5.32 Å². The first-order chi connectivity index (χ1) is 13.0. The van der Waals surface area contributed by atoms with Crippen LogP contribution in [0.5, 0.6) is 0 Å². The lowest BCUT2D eigenvalue weighted by atomic mass is 10.1. The lowest BCUT2D eigenvalue weighted by Crippen LogP contribution is -2.28. The fraction of sp³-hybridized carbons (Fsp3) is 0.238. The Bertz CT molecular complexity index is 802. The van der Waals surface area contributed by atoms with E-state index in [1.54, 1.807) is 25.3 Å². The van der Waals surface area contributed by atoms with Crippen molar-refractivity contribution in [2.24, 2.45) is 0 Å². The Hall–Kier alpha value is -3.12. The fourth-order valence-corrected chi connectivity index (χ4v) is 2.47. The summed E-state index contributed by atoms with van der Waals surface area (Å²) in [5, 5.41) is 5.60. The van der Waals surface area contributed by atoms with Gasteiger partial charge in [0.1, 0.15) is 0 Å². The van der Waals surface area contributed by atoms with E-state index >= 15 is 0 Å². The highest BCUT2D eigenvalue weighted by atomic mass is 16.5. The highest BCUT2D eigenvalue weighted by Gasteiger charge is 2.14. The minimum Gasteiger partial charge on any atom is -0.383 e. The van der Waals surface area contributed by atoms with E-state index in [2.05, 4.69) is 10.6 Å². The van der Waals surface area contributed by atoms with Crippen LogP contribution >= 0.6 is 0 Å². The van der Waals surface area contributed by atoms with Gasteiger partial charge in [-0.15, -0.1) is 0 Å². The molecular weight excluding hydrogens is 342 g/mol. The predicted octanol–water partition coefficient (Wildman–Crippen LogP) is 2.78. The molecule has 6 nitrogen and oxygen atoms in total. The van der Waals surface area contributed by atoms with Crippen molar-refractivity contribution >= 4 is 29.3 Å². The van der Waals surface area contributed by atoms with E-state index in [-0.39, 0.29) is 11.8 Å². The smallest absolute Gasteiger partial charge is 0.253 e. The van der Waals surface area contributed by atoms with Crippen LogP contribution in [0.3, 0.4) is 0 Å². The van der Waals surface area contributed by atoms with Gasteiger partial charge in [-0.3, -0.25) is 9.59 Å². The quantitative estimate of drug-likeness (QED) is 0.556. The summed E-state index contributed by atoms with van der Waals surface area (Å²) >= 11 is 0. The number of carbonyl (C=O) groups is 2. The Morgan fingerprint density at radius 3 is 2.52 bits per heavy atom. The third kappa shape index (κ3) is 6.27. The van der Waals surface area contributed by atoms with Gasteiger partial charge in [0.05, 0.1) is 12.2 Å². The zero-order valence-electron chi connectivity index (χ0n) is 15.9. The number of rotatable bonds is 8. The number of ether oxygens (including phenoxy) is 1. The van der Waals surface area contributed by atoms with Crippen LogP contribution in [0, 0.1) is 0 Å². The summed E-state index contributed by atoms with van der Waals surface area (Å²) in [6.45, 7) is 0.850. The van der Waals surface area contributed by atoms with Gasteiger partial charge in [-0.1, -0.05) is 30.3 Å². The molecule has 0 spiro atoms. The maximum Gasteiger partial charge on any atom is 0.253 e. The van der Waals surface area contributed by atoms with E-state index < -0.39 is 0 Å². The first-order valence-electron chi connectivity index (χ1n) is 8.64. The van der Waals surface area contributed by atoms with E-state index in [0.29, 0.717) is 24.4 Å². The zero-order valence-corrected chi connectivity index (χ0v) is 15.9. The molecule has 2 aromatic carbocycles. The predicted molar refractivity (Wildman–Crippen MR) is 109 cm³/mol. The van der Waals surface area contributed by atoms with Crippen LogP contribution in [0.1, 0.15) is 15.9 Å². The zero-order chi connectivity index (χ0) is 19.6. The molecule has 0 saturated heterocycles. The van der Waals surface area contributed by atoms with Crippen molar-refractivity contribution in [1.29, 1.82) is 0 Å². The number of anilines is 2. The molecule has 0 bridgehead atoms. The van der Waals surface area contributed by atoms with Crippen LogP contribution in [0.25, 0.3) is 6.08 Å². The van der Waals surface area contributed by atoms with Crippen LogP contribution in [-0.4, -0.2) is 46.2 Å². The van der Waals surface area contributed by atoms with Gasteiger partial charge in [-0.2, -0.15) is 0 Å². The summed E-state index contributed by atoms with van der Waals surface area (Å²) in [7, 11) is 5.31. The third-order valence-electron chi connectivity index (χ3n) is 3.81. The molecule has 0 aromatic heterocycles. The number of methoxy groups -OCH3 is 1. The van der Waals surface area contributed by atoms with Crippen molar-refractivity contribution in [3.05, 3.63) is 65.7 Å². The standard InChI is InChI=1S/C21H25N3O3/c1-24(2)19-11-10-17(15-18(19)21(26)22-13-14-27-3)23-20(25)12-9-16-7-5-4-6-8-16/h4-12,15H,13-14H2,1-3H3,(H,22,26)(H,23,25)/b12-9+. The van der Waals surface area contributed by atoms with Crippen LogP contribution in [0.15, 0.2) is 54.6 Å². The molecule has 27 heavy (non-hydrogen) atoms. The van der Waals surface area contributed by atoms with Gasteiger partial charge in [0, 0.05) is 45.2 Å². The van der Waals surface area contributed by atoms with Crippen molar-refractivity contribution in [3.8, 4) is 0 Å². The number of amides is 2. The van der Waals surface area contributed by atoms with Gasteiger partial charge in [0.25, 0.3) is 5.91 Å². The Balaban J connectivity index is 2.12. The van der Waals surface area contributed by atoms with Crippen LogP contribution in [0.2, 0.25) is 0 Å². The van der Waals surface area contributed by atoms with E-state index in [0.717, 1.165) is 11.3 Å². The van der Waals surface area contributed by atoms with E-state index in [1.165, 1.54) is 6.08 Å². The minimum atomic E-state index is -0.262. The van der Waals surface area contributed by atoms with E-state index in [9.17, 15) is 9.59 Å². The second kappa shape index (κ2) is 10.1. The largest absolute Gasteiger partial charge is 0.383 e. The lowest BCUT2D eigenvalue weighted by molar-refractivity contribution is -0.111. The lowest BCUT2D eigenvalue weighted by Gasteiger charge is -2.18. The second-order valence-electron chi connectivity index (χ2n) is 6.11. The van der Waals surface area contributed by atoms with Crippen LogP contribution in [0.4, 0.5) is 11.4 Å². The van der Waals surface area contributed by atoms with Crippen molar-refractivity contribution in [3.63, 3.8) is 0 Å². The first-order valence-corrected chi connectivity index (χ1v) is 8.64. The monoisotopic (exact) mass is 367 g/mol. The van der Waals surface area contributed by atoms with Crippen molar-refractivity contribution in [2.45, 2.75) is 0 Å². The molecule has 2 amide bonds. The molecule has 0 unspecified atom stereocenters. The third-order valence-corrected chi connectivity index (χ3v) is 3.81. The molecule has 2 rings (SSSR count). The highest BCUT2D eigenvalue weighted by molar-refractivity contribution is 6.05. The molecular formula is C21H25N3O3. The molecule has 2 aromatic rings. The number of hydrogen-bond donors (Lipinski definition) is 2. The number of nitrogens with one attached hydrogen (secondary N) is 2. The average molecular weight is 367 g/mol.